The first-order valence-corrected chi connectivity index (χ1v) is 34.6. The number of nitrogens with two attached hydrogens (primary N) is 1. The first-order valence-electron chi connectivity index (χ1n) is 33.1. The number of rotatable bonds is 62. The molecule has 0 aliphatic carbocycles. The number of ether oxygens (including phenoxy) is 2. The van der Waals surface area contributed by atoms with Crippen LogP contribution in [-0.2, 0) is 32.7 Å². The van der Waals surface area contributed by atoms with E-state index in [2.05, 4.69) is 98.9 Å². The third kappa shape index (κ3) is 64.2. The molecule has 2 unspecified atom stereocenters. The molecule has 0 aromatic rings. The minimum Gasteiger partial charge on any atom is -0.462 e. The standard InChI is InChI=1S/C69H124NO8P/c1-3-5-7-9-11-13-15-17-19-21-23-25-27-29-31-33-35-37-39-41-43-45-47-49-51-53-55-57-59-61-68(71)75-65-67(66-77-79(73,74)76-64-63-70)78-69(72)62-60-58-56-54-52-50-48-46-44-42-40-38-36-34-32-30-28-26-24-22-20-18-16-14-12-10-8-6-4-2/h6,8,12,14,18,20,24,26,30,32,36,38,42,44,67H,3-5,7,9-11,13,15-17,19,21-23,25,27-29,31,33-35,37,39-41,43,45-66,70H2,1-2H3,(H,73,74)/b8-6-,14-12-,20-18-,26-24-,32-30-,38-36-,44-42-. The first-order chi connectivity index (χ1) is 38.8. The molecule has 0 amide bonds. The summed E-state index contributed by atoms with van der Waals surface area (Å²) < 4.78 is 33.1. The van der Waals surface area contributed by atoms with Gasteiger partial charge in [0, 0.05) is 19.4 Å². The molecule has 0 spiro atoms. The van der Waals surface area contributed by atoms with Crippen molar-refractivity contribution < 1.29 is 37.6 Å². The normalized spacial score (nSPS) is 13.5. The van der Waals surface area contributed by atoms with E-state index >= 15 is 0 Å². The monoisotopic (exact) mass is 1130 g/mol. The fourth-order valence-electron chi connectivity index (χ4n) is 9.44. The highest BCUT2D eigenvalue weighted by Crippen LogP contribution is 2.43. The number of allylic oxidation sites excluding steroid dienone is 14. The summed E-state index contributed by atoms with van der Waals surface area (Å²) in [7, 11) is -4.40. The number of esters is 2. The highest BCUT2D eigenvalue weighted by atomic mass is 31.2. The van der Waals surface area contributed by atoms with Crippen molar-refractivity contribution in [1.29, 1.82) is 0 Å². The molecule has 0 bridgehead atoms. The average molecular weight is 1130 g/mol. The maximum absolute atomic E-state index is 12.7. The lowest BCUT2D eigenvalue weighted by atomic mass is 10.0. The summed E-state index contributed by atoms with van der Waals surface area (Å²) in [6.45, 7) is 3.66. The quantitative estimate of drug-likeness (QED) is 0.0264. The van der Waals surface area contributed by atoms with Crippen molar-refractivity contribution in [1.82, 2.24) is 0 Å². The predicted molar refractivity (Wildman–Crippen MR) is 339 cm³/mol. The molecule has 0 aliphatic heterocycles. The van der Waals surface area contributed by atoms with E-state index < -0.39 is 26.5 Å². The number of phosphoric ester groups is 1. The third-order valence-electron chi connectivity index (χ3n) is 14.3. The topological polar surface area (TPSA) is 134 Å². The van der Waals surface area contributed by atoms with E-state index in [0.717, 1.165) is 89.9 Å². The maximum atomic E-state index is 12.7. The van der Waals surface area contributed by atoms with Crippen LogP contribution in [0.3, 0.4) is 0 Å². The Bertz CT molecular complexity index is 1570. The second-order valence-electron chi connectivity index (χ2n) is 22.0. The van der Waals surface area contributed by atoms with Crippen molar-refractivity contribution in [2.45, 2.75) is 315 Å². The Balaban J connectivity index is 3.93. The molecule has 0 saturated carbocycles. The van der Waals surface area contributed by atoms with Gasteiger partial charge < -0.3 is 20.1 Å². The molecule has 0 saturated heterocycles. The van der Waals surface area contributed by atoms with Gasteiger partial charge in [0.15, 0.2) is 6.10 Å². The van der Waals surface area contributed by atoms with Gasteiger partial charge in [-0.2, -0.15) is 0 Å². The van der Waals surface area contributed by atoms with Crippen molar-refractivity contribution in [2.24, 2.45) is 5.73 Å². The van der Waals surface area contributed by atoms with Gasteiger partial charge in [-0.3, -0.25) is 18.6 Å². The van der Waals surface area contributed by atoms with Crippen LogP contribution >= 0.6 is 7.82 Å². The van der Waals surface area contributed by atoms with Gasteiger partial charge in [-0.25, -0.2) is 4.57 Å². The van der Waals surface area contributed by atoms with Crippen molar-refractivity contribution in [3.63, 3.8) is 0 Å². The van der Waals surface area contributed by atoms with Gasteiger partial charge in [0.05, 0.1) is 13.2 Å². The van der Waals surface area contributed by atoms with Crippen LogP contribution in [0.1, 0.15) is 309 Å². The smallest absolute Gasteiger partial charge is 0.462 e. The van der Waals surface area contributed by atoms with Crippen LogP contribution < -0.4 is 5.73 Å². The van der Waals surface area contributed by atoms with Crippen molar-refractivity contribution >= 4 is 19.8 Å². The van der Waals surface area contributed by atoms with Gasteiger partial charge in [0.25, 0.3) is 0 Å². The van der Waals surface area contributed by atoms with E-state index in [4.69, 9.17) is 24.3 Å². The minimum absolute atomic E-state index is 0.0489. The molecule has 0 heterocycles. The van der Waals surface area contributed by atoms with Crippen LogP contribution in [0.25, 0.3) is 0 Å². The largest absolute Gasteiger partial charge is 0.472 e. The molecule has 9 nitrogen and oxygen atoms in total. The van der Waals surface area contributed by atoms with Gasteiger partial charge in [0.1, 0.15) is 6.61 Å². The Hall–Kier alpha value is -2.81. The molecule has 79 heavy (non-hydrogen) atoms. The molecule has 0 fully saturated rings. The second kappa shape index (κ2) is 64.4. The van der Waals surface area contributed by atoms with Gasteiger partial charge in [-0.05, 0) is 70.6 Å². The molecule has 0 aliphatic rings. The zero-order chi connectivity index (χ0) is 57.3. The van der Waals surface area contributed by atoms with E-state index in [-0.39, 0.29) is 38.6 Å². The van der Waals surface area contributed by atoms with Gasteiger partial charge in [-0.15, -0.1) is 0 Å². The summed E-state index contributed by atoms with van der Waals surface area (Å²) in [5.41, 5.74) is 5.39. The zero-order valence-corrected chi connectivity index (χ0v) is 52.2. The van der Waals surface area contributed by atoms with E-state index in [1.54, 1.807) is 0 Å². The Morgan fingerprint density at radius 1 is 0.392 bits per heavy atom. The number of hydrogen-bond acceptors (Lipinski definition) is 8. The Kier molecular flexibility index (Phi) is 62.1. The zero-order valence-electron chi connectivity index (χ0n) is 51.3. The third-order valence-corrected chi connectivity index (χ3v) is 15.3. The highest BCUT2D eigenvalue weighted by Gasteiger charge is 2.26. The molecule has 0 radical (unpaired) electrons. The fourth-order valence-corrected chi connectivity index (χ4v) is 10.2. The van der Waals surface area contributed by atoms with Crippen LogP contribution in [0.15, 0.2) is 85.1 Å². The van der Waals surface area contributed by atoms with E-state index in [1.807, 2.05) is 0 Å². The van der Waals surface area contributed by atoms with Crippen LogP contribution in [0.5, 0.6) is 0 Å². The average Bonchev–Trinajstić information content (AvgIpc) is 3.44. The van der Waals surface area contributed by atoms with E-state index in [1.165, 1.54) is 186 Å². The molecule has 10 heteroatoms. The number of unbranched alkanes of at least 4 members (excludes halogenated alkanes) is 35. The molecule has 3 N–H and O–H groups in total. The molecule has 2 atom stereocenters. The number of carbonyl (C=O) groups excluding carboxylic acids is 2. The van der Waals surface area contributed by atoms with Gasteiger partial charge in [-0.1, -0.05) is 311 Å². The predicted octanol–water partition coefficient (Wildman–Crippen LogP) is 21.4. The van der Waals surface area contributed by atoms with Crippen LogP contribution in [0.4, 0.5) is 0 Å². The number of carbonyl (C=O) groups is 2. The maximum Gasteiger partial charge on any atom is 0.472 e. The van der Waals surface area contributed by atoms with Gasteiger partial charge >= 0.3 is 19.8 Å². The summed E-state index contributed by atoms with van der Waals surface area (Å²) in [6, 6.07) is 0. The van der Waals surface area contributed by atoms with E-state index in [9.17, 15) is 19.0 Å². The lowest BCUT2D eigenvalue weighted by molar-refractivity contribution is -0.161. The summed E-state index contributed by atoms with van der Waals surface area (Å²) in [5.74, 6) is -0.832. The SMILES string of the molecule is CC/C=C\C/C=C\C/C=C\C/C=C\C/C=C\C/C=C\C/C=C\CCCCCCCCCC(=O)OC(COC(=O)CCCCCCCCCCCCCCCCCCCCCCCCCCCCCCC)COP(=O)(O)OCCN. The minimum atomic E-state index is -4.40. The van der Waals surface area contributed by atoms with Crippen molar-refractivity contribution in [3.8, 4) is 0 Å². The summed E-state index contributed by atoms with van der Waals surface area (Å²) >= 11 is 0. The lowest BCUT2D eigenvalue weighted by Crippen LogP contribution is -2.29. The fraction of sp³-hybridized carbons (Fsp3) is 0.768. The van der Waals surface area contributed by atoms with Gasteiger partial charge in [0.2, 0.25) is 0 Å². The Morgan fingerprint density at radius 3 is 1.04 bits per heavy atom. The molecular formula is C69H124NO8P. The van der Waals surface area contributed by atoms with Crippen LogP contribution in [-0.4, -0.2) is 49.3 Å². The summed E-state index contributed by atoms with van der Waals surface area (Å²) in [5, 5.41) is 0. The lowest BCUT2D eigenvalue weighted by Gasteiger charge is -2.19. The Labute approximate surface area is 487 Å². The van der Waals surface area contributed by atoms with Crippen molar-refractivity contribution in [2.75, 3.05) is 26.4 Å². The Morgan fingerprint density at radius 2 is 0.696 bits per heavy atom. The first kappa shape index (κ1) is 76.2. The summed E-state index contributed by atoms with van der Waals surface area (Å²) in [6.07, 6.45) is 85.2. The second-order valence-corrected chi connectivity index (χ2v) is 23.4. The van der Waals surface area contributed by atoms with Crippen molar-refractivity contribution in [3.05, 3.63) is 85.1 Å². The molecule has 0 aromatic heterocycles. The van der Waals surface area contributed by atoms with Crippen LogP contribution in [0, 0.1) is 0 Å². The van der Waals surface area contributed by atoms with Crippen LogP contribution in [0.2, 0.25) is 0 Å². The molecular weight excluding hydrogens is 1000 g/mol. The highest BCUT2D eigenvalue weighted by molar-refractivity contribution is 7.47. The number of phosphoric acid groups is 1. The molecule has 0 aromatic carbocycles. The summed E-state index contributed by atoms with van der Waals surface area (Å²) in [4.78, 5) is 35.3. The molecule has 458 valence electrons. The van der Waals surface area contributed by atoms with E-state index in [0.29, 0.717) is 6.42 Å². The number of hydrogen-bond donors (Lipinski definition) is 2. The molecule has 0 rings (SSSR count).